The van der Waals surface area contributed by atoms with Crippen molar-refractivity contribution in [2.45, 2.75) is 19.9 Å². The molecule has 1 atom stereocenters. The van der Waals surface area contributed by atoms with Crippen molar-refractivity contribution < 1.29 is 24.1 Å². The van der Waals surface area contributed by atoms with Crippen LogP contribution in [0.4, 0.5) is 5.69 Å². The highest BCUT2D eigenvalue weighted by Gasteiger charge is 2.30. The lowest BCUT2D eigenvalue weighted by molar-refractivity contribution is -1.02. The molecule has 1 aliphatic heterocycles. The molecule has 7 nitrogen and oxygen atoms in total. The minimum Gasteiger partial charge on any atom is -0.494 e. The number of carbonyl (C=O) groups excluding carboxylic acids is 2. The number of benzene rings is 2. The van der Waals surface area contributed by atoms with Crippen LogP contribution in [0.5, 0.6) is 5.75 Å². The molecule has 1 fully saturated rings. The number of likely N-dealkylation sites (N-methyl/N-ethyl adjacent to an activating group) is 1. The van der Waals surface area contributed by atoms with Crippen molar-refractivity contribution in [2.24, 2.45) is 0 Å². The Morgan fingerprint density at radius 2 is 1.61 bits per heavy atom. The van der Waals surface area contributed by atoms with E-state index in [0.717, 1.165) is 31.9 Å². The van der Waals surface area contributed by atoms with Gasteiger partial charge in [-0.15, -0.1) is 0 Å². The number of quaternary nitrogens is 2. The fourth-order valence-corrected chi connectivity index (χ4v) is 3.91. The fraction of sp³-hybridized carbons (Fsp3) is 0.417. The minimum atomic E-state index is -0.662. The van der Waals surface area contributed by atoms with Gasteiger partial charge in [-0.2, -0.15) is 0 Å². The van der Waals surface area contributed by atoms with Crippen molar-refractivity contribution in [1.29, 1.82) is 0 Å². The summed E-state index contributed by atoms with van der Waals surface area (Å²) in [5, 5.41) is 5.50. The van der Waals surface area contributed by atoms with Crippen molar-refractivity contribution in [3.05, 3.63) is 59.7 Å². The highest BCUT2D eigenvalue weighted by atomic mass is 16.5. The van der Waals surface area contributed by atoms with Crippen LogP contribution in [-0.2, 0) is 9.59 Å². The summed E-state index contributed by atoms with van der Waals surface area (Å²) in [6.07, 6.45) is 0. The van der Waals surface area contributed by atoms with E-state index in [-0.39, 0.29) is 6.04 Å². The summed E-state index contributed by atoms with van der Waals surface area (Å²) in [6, 6.07) is 15.6. The van der Waals surface area contributed by atoms with Gasteiger partial charge in [-0.05, 0) is 38.1 Å². The lowest BCUT2D eigenvalue weighted by Crippen LogP contribution is -3.27. The third kappa shape index (κ3) is 6.54. The molecule has 0 saturated carbocycles. The molecule has 2 amide bonds. The molecule has 0 aromatic heterocycles. The summed E-state index contributed by atoms with van der Waals surface area (Å²) in [5.74, 6) is -0.558. The van der Waals surface area contributed by atoms with Crippen molar-refractivity contribution >= 4 is 17.5 Å². The standard InChI is InChI=1S/C24H32N4O3/c1-4-31-21-11-9-20(10-12-21)26-24(30)23(29)25-17-22(19-7-5-18(2)6-8-19)28-15-13-27(3)14-16-28/h5-12,22H,4,13-17H2,1-3H3,(H,25,29)(H,26,30)/p+2/t22-/m0/s1. The van der Waals surface area contributed by atoms with Gasteiger partial charge in [-0.1, -0.05) is 29.8 Å². The molecule has 3 rings (SSSR count). The highest BCUT2D eigenvalue weighted by molar-refractivity contribution is 6.39. The van der Waals surface area contributed by atoms with Crippen LogP contribution < -0.4 is 25.2 Å². The van der Waals surface area contributed by atoms with Crippen LogP contribution in [0.25, 0.3) is 0 Å². The van der Waals surface area contributed by atoms with Gasteiger partial charge >= 0.3 is 11.8 Å². The van der Waals surface area contributed by atoms with Gasteiger partial charge in [0.25, 0.3) is 0 Å². The predicted molar refractivity (Wildman–Crippen MR) is 120 cm³/mol. The lowest BCUT2D eigenvalue weighted by atomic mass is 10.0. The summed E-state index contributed by atoms with van der Waals surface area (Å²) in [6.45, 7) is 9.26. The second-order valence-corrected chi connectivity index (χ2v) is 8.20. The smallest absolute Gasteiger partial charge is 0.313 e. The average molecular weight is 427 g/mol. The van der Waals surface area contributed by atoms with Crippen LogP contribution >= 0.6 is 0 Å². The first-order valence-corrected chi connectivity index (χ1v) is 11.0. The van der Waals surface area contributed by atoms with Crippen molar-refractivity contribution in [3.8, 4) is 5.75 Å². The molecule has 7 heteroatoms. The predicted octanol–water partition coefficient (Wildman–Crippen LogP) is -0.397. The van der Waals surface area contributed by atoms with Crippen LogP contribution in [0, 0.1) is 6.92 Å². The summed E-state index contributed by atoms with van der Waals surface area (Å²) >= 11 is 0. The molecule has 0 spiro atoms. The Morgan fingerprint density at radius 3 is 2.23 bits per heavy atom. The maximum absolute atomic E-state index is 12.5. The monoisotopic (exact) mass is 426 g/mol. The van der Waals surface area contributed by atoms with Crippen LogP contribution in [0.1, 0.15) is 24.1 Å². The number of carbonyl (C=O) groups is 2. The molecule has 1 aliphatic rings. The molecule has 4 N–H and O–H groups in total. The van der Waals surface area contributed by atoms with Crippen molar-refractivity contribution in [2.75, 3.05) is 51.7 Å². The van der Waals surface area contributed by atoms with E-state index in [1.165, 1.54) is 20.9 Å². The van der Waals surface area contributed by atoms with Gasteiger partial charge in [0.2, 0.25) is 0 Å². The zero-order valence-electron chi connectivity index (χ0n) is 18.7. The topological polar surface area (TPSA) is 76.3 Å². The molecule has 1 saturated heterocycles. The highest BCUT2D eigenvalue weighted by Crippen LogP contribution is 2.15. The van der Waals surface area contributed by atoms with Gasteiger partial charge in [0.15, 0.2) is 0 Å². The van der Waals surface area contributed by atoms with E-state index in [9.17, 15) is 9.59 Å². The number of rotatable bonds is 7. The van der Waals surface area contributed by atoms with Gasteiger partial charge in [0.1, 0.15) is 38.0 Å². The van der Waals surface area contributed by atoms with Crippen LogP contribution in [0.2, 0.25) is 0 Å². The quantitative estimate of drug-likeness (QED) is 0.456. The van der Waals surface area contributed by atoms with E-state index in [2.05, 4.69) is 48.9 Å². The van der Waals surface area contributed by atoms with E-state index in [1.54, 1.807) is 24.3 Å². The zero-order chi connectivity index (χ0) is 22.2. The Kier molecular flexibility index (Phi) is 8.03. The second-order valence-electron chi connectivity index (χ2n) is 8.20. The number of hydrogen-bond donors (Lipinski definition) is 4. The van der Waals surface area contributed by atoms with Gasteiger partial charge in [0, 0.05) is 11.3 Å². The number of ether oxygens (including phenoxy) is 1. The average Bonchev–Trinajstić information content (AvgIpc) is 2.77. The maximum atomic E-state index is 12.5. The Morgan fingerprint density at radius 1 is 0.968 bits per heavy atom. The van der Waals surface area contributed by atoms with Gasteiger partial charge < -0.3 is 25.2 Å². The maximum Gasteiger partial charge on any atom is 0.313 e. The molecule has 1 heterocycles. The lowest BCUT2D eigenvalue weighted by Gasteiger charge is -2.33. The van der Waals surface area contributed by atoms with E-state index in [0.29, 0.717) is 18.8 Å². The number of hydrogen-bond acceptors (Lipinski definition) is 3. The molecule has 166 valence electrons. The SMILES string of the molecule is CCOc1ccc(NC(=O)C(=O)NC[C@@H](c2ccc(C)cc2)[NH+]2CC[NH+](C)CC2)cc1. The Bertz CT molecular complexity index is 859. The number of piperazine rings is 1. The van der Waals surface area contributed by atoms with E-state index in [1.807, 2.05) is 6.92 Å². The first-order valence-electron chi connectivity index (χ1n) is 11.0. The summed E-state index contributed by atoms with van der Waals surface area (Å²) < 4.78 is 5.40. The molecular weight excluding hydrogens is 392 g/mol. The number of amides is 2. The van der Waals surface area contributed by atoms with Crippen molar-refractivity contribution in [3.63, 3.8) is 0 Å². The number of anilines is 1. The molecule has 0 bridgehead atoms. The Hall–Kier alpha value is -2.90. The summed E-state index contributed by atoms with van der Waals surface area (Å²) in [5.41, 5.74) is 2.96. The third-order valence-corrected chi connectivity index (χ3v) is 5.81. The largest absolute Gasteiger partial charge is 0.494 e. The minimum absolute atomic E-state index is 0.121. The fourth-order valence-electron chi connectivity index (χ4n) is 3.91. The van der Waals surface area contributed by atoms with Gasteiger partial charge in [0.05, 0.1) is 20.2 Å². The van der Waals surface area contributed by atoms with Crippen LogP contribution in [0.15, 0.2) is 48.5 Å². The number of nitrogens with one attached hydrogen (secondary N) is 4. The molecule has 0 aliphatic carbocycles. The summed E-state index contributed by atoms with van der Waals surface area (Å²) in [7, 11) is 2.21. The second kappa shape index (κ2) is 10.9. The molecular formula is C24H34N4O3+2. The molecule has 2 aromatic carbocycles. The molecule has 2 aromatic rings. The molecule has 0 unspecified atom stereocenters. The van der Waals surface area contributed by atoms with Gasteiger partial charge in [-0.25, -0.2) is 0 Å². The first kappa shape index (κ1) is 22.8. The zero-order valence-corrected chi connectivity index (χ0v) is 18.7. The van der Waals surface area contributed by atoms with E-state index in [4.69, 9.17) is 4.74 Å². The number of aryl methyl sites for hydroxylation is 1. The third-order valence-electron chi connectivity index (χ3n) is 5.81. The molecule has 0 radical (unpaired) electrons. The molecule has 31 heavy (non-hydrogen) atoms. The van der Waals surface area contributed by atoms with E-state index < -0.39 is 11.8 Å². The Labute approximate surface area is 184 Å². The van der Waals surface area contributed by atoms with Crippen LogP contribution in [0.3, 0.4) is 0 Å². The normalized spacial score (nSPS) is 19.3. The Balaban J connectivity index is 1.60. The summed E-state index contributed by atoms with van der Waals surface area (Å²) in [4.78, 5) is 27.8. The van der Waals surface area contributed by atoms with Gasteiger partial charge in [-0.3, -0.25) is 9.59 Å². The van der Waals surface area contributed by atoms with Crippen molar-refractivity contribution in [1.82, 2.24) is 5.32 Å². The van der Waals surface area contributed by atoms with Crippen LogP contribution in [-0.4, -0.2) is 58.2 Å². The first-order chi connectivity index (χ1) is 15.0. The van der Waals surface area contributed by atoms with E-state index >= 15 is 0 Å².